The summed E-state index contributed by atoms with van der Waals surface area (Å²) in [5, 5.41) is 12.3. The van der Waals surface area contributed by atoms with Gasteiger partial charge in [0, 0.05) is 6.54 Å². The van der Waals surface area contributed by atoms with Crippen molar-refractivity contribution in [1.82, 2.24) is 5.32 Å². The molecule has 3 rings (SSSR count). The Kier molecular flexibility index (Phi) is 6.02. The summed E-state index contributed by atoms with van der Waals surface area (Å²) in [7, 11) is 1.95. The summed E-state index contributed by atoms with van der Waals surface area (Å²) < 4.78 is 13.3. The van der Waals surface area contributed by atoms with Gasteiger partial charge in [0.05, 0.1) is 12.0 Å². The smallest absolute Gasteiger partial charge is 0.132 e. The van der Waals surface area contributed by atoms with Gasteiger partial charge >= 0.3 is 0 Å². The van der Waals surface area contributed by atoms with Crippen LogP contribution < -0.4 is 5.32 Å². The van der Waals surface area contributed by atoms with Crippen molar-refractivity contribution in [3.8, 4) is 0 Å². The fourth-order valence-corrected chi connectivity index (χ4v) is 2.89. The fourth-order valence-electron chi connectivity index (χ4n) is 2.89. The van der Waals surface area contributed by atoms with Crippen molar-refractivity contribution in [2.45, 2.75) is 24.8 Å². The second kappa shape index (κ2) is 7.99. The molecule has 0 bridgehead atoms. The molecule has 122 valence electrons. The minimum Gasteiger partial charge on any atom is -0.395 e. The summed E-state index contributed by atoms with van der Waals surface area (Å²) in [5.74, 6) is -0.278. The average Bonchev–Trinajstić information content (AvgIpc) is 2.97. The Morgan fingerprint density at radius 3 is 2.57 bits per heavy atom. The fraction of sp³-hybridized carbons (Fsp3) is 0.316. The van der Waals surface area contributed by atoms with E-state index in [0.717, 1.165) is 12.8 Å². The molecule has 0 heterocycles. The Hall–Kier alpha value is -2.04. The summed E-state index contributed by atoms with van der Waals surface area (Å²) in [6.07, 6.45) is 1.77. The van der Waals surface area contributed by atoms with Crippen molar-refractivity contribution in [3.05, 3.63) is 71.0 Å². The molecule has 2 aromatic carbocycles. The van der Waals surface area contributed by atoms with Crippen molar-refractivity contribution in [2.75, 3.05) is 13.7 Å². The molecule has 0 aromatic heterocycles. The van der Waals surface area contributed by atoms with E-state index in [1.165, 1.54) is 11.6 Å². The molecule has 0 spiro atoms. The van der Waals surface area contributed by atoms with Crippen LogP contribution in [0.25, 0.3) is 0 Å². The van der Waals surface area contributed by atoms with E-state index in [0.29, 0.717) is 24.0 Å². The summed E-state index contributed by atoms with van der Waals surface area (Å²) >= 11 is 0. The molecule has 1 aliphatic carbocycles. The van der Waals surface area contributed by atoms with E-state index in [1.807, 2.05) is 25.2 Å². The highest BCUT2D eigenvalue weighted by molar-refractivity contribution is 5.72. The predicted octanol–water partition coefficient (Wildman–Crippen LogP) is 2.61. The van der Waals surface area contributed by atoms with Gasteiger partial charge in [0.1, 0.15) is 12.1 Å². The van der Waals surface area contributed by atoms with Gasteiger partial charge in [-0.2, -0.15) is 0 Å². The third-order valence-electron chi connectivity index (χ3n) is 4.21. The lowest BCUT2D eigenvalue weighted by molar-refractivity contribution is -0.113. The average molecular weight is 315 g/mol. The zero-order valence-corrected chi connectivity index (χ0v) is 13.3. The van der Waals surface area contributed by atoms with Crippen LogP contribution >= 0.6 is 0 Å². The maximum absolute atomic E-state index is 13.3. The Bertz CT molecular complexity index is 645. The van der Waals surface area contributed by atoms with Gasteiger partial charge in [-0.15, -0.1) is 0 Å². The molecule has 0 amide bonds. The quantitative estimate of drug-likeness (QED) is 0.853. The first kappa shape index (κ1) is 17.3. The second-order valence-electron chi connectivity index (χ2n) is 5.71. The maximum atomic E-state index is 13.3. The highest BCUT2D eigenvalue weighted by Crippen LogP contribution is 2.38. The van der Waals surface area contributed by atoms with E-state index in [1.54, 1.807) is 12.1 Å². The Balaban J connectivity index is 0.000000185. The lowest BCUT2D eigenvalue weighted by Crippen LogP contribution is -2.29. The number of hydrogen-bond donors (Lipinski definition) is 2. The van der Waals surface area contributed by atoms with Crippen molar-refractivity contribution in [2.24, 2.45) is 0 Å². The molecule has 0 saturated heterocycles. The van der Waals surface area contributed by atoms with E-state index >= 15 is 0 Å². The van der Waals surface area contributed by atoms with Crippen LogP contribution in [0.5, 0.6) is 0 Å². The van der Waals surface area contributed by atoms with Gasteiger partial charge in [0.2, 0.25) is 0 Å². The van der Waals surface area contributed by atoms with Crippen LogP contribution in [0.3, 0.4) is 0 Å². The number of nitrogens with one attached hydrogen (secondary N) is 1. The second-order valence-corrected chi connectivity index (χ2v) is 5.71. The number of halogens is 1. The van der Waals surface area contributed by atoms with Gasteiger partial charge in [-0.25, -0.2) is 4.39 Å². The molecule has 0 saturated carbocycles. The molecule has 4 heteroatoms. The standard InChI is InChI=1S/C11H11FO2.C8H11N/c12-10-3-1-2-9-8(10)4-5-11(9,6-13)7-14;1-9-7-8-5-3-2-4-6-8/h1-3,6,14H,4-5,7H2;2-6,9H,7H2,1H3. The number of carbonyl (C=O) groups is 1. The van der Waals surface area contributed by atoms with Gasteiger partial charge in [0.15, 0.2) is 0 Å². The first-order valence-electron chi connectivity index (χ1n) is 7.70. The van der Waals surface area contributed by atoms with E-state index in [2.05, 4.69) is 17.4 Å². The molecule has 1 unspecified atom stereocenters. The number of aliphatic hydroxyl groups excluding tert-OH is 1. The molecule has 2 aromatic rings. The number of hydrogen-bond acceptors (Lipinski definition) is 3. The molecule has 1 atom stereocenters. The lowest BCUT2D eigenvalue weighted by Gasteiger charge is -2.20. The van der Waals surface area contributed by atoms with Gasteiger partial charge in [0.25, 0.3) is 0 Å². The van der Waals surface area contributed by atoms with Crippen LogP contribution in [-0.4, -0.2) is 25.0 Å². The Labute approximate surface area is 136 Å². The van der Waals surface area contributed by atoms with E-state index in [-0.39, 0.29) is 12.4 Å². The third-order valence-corrected chi connectivity index (χ3v) is 4.21. The number of aliphatic hydroxyl groups is 1. The predicted molar refractivity (Wildman–Crippen MR) is 88.8 cm³/mol. The first-order chi connectivity index (χ1) is 11.2. The normalized spacial score (nSPS) is 18.7. The highest BCUT2D eigenvalue weighted by Gasteiger charge is 2.39. The minimum atomic E-state index is -0.864. The van der Waals surface area contributed by atoms with Gasteiger partial charge in [-0.05, 0) is 42.6 Å². The van der Waals surface area contributed by atoms with Gasteiger partial charge in [-0.1, -0.05) is 42.5 Å². The lowest BCUT2D eigenvalue weighted by atomic mass is 9.84. The van der Waals surface area contributed by atoms with Crippen molar-refractivity contribution in [1.29, 1.82) is 0 Å². The highest BCUT2D eigenvalue weighted by atomic mass is 19.1. The zero-order chi connectivity index (χ0) is 16.7. The van der Waals surface area contributed by atoms with Crippen molar-refractivity contribution >= 4 is 6.29 Å². The maximum Gasteiger partial charge on any atom is 0.132 e. The molecule has 0 radical (unpaired) electrons. The molecular weight excluding hydrogens is 293 g/mol. The summed E-state index contributed by atoms with van der Waals surface area (Å²) in [6, 6.07) is 15.0. The van der Waals surface area contributed by atoms with Crippen molar-refractivity contribution in [3.63, 3.8) is 0 Å². The Morgan fingerprint density at radius 2 is 1.96 bits per heavy atom. The van der Waals surface area contributed by atoms with Gasteiger partial charge < -0.3 is 15.2 Å². The molecule has 2 N–H and O–H groups in total. The van der Waals surface area contributed by atoms with Crippen LogP contribution in [-0.2, 0) is 23.2 Å². The zero-order valence-electron chi connectivity index (χ0n) is 13.3. The van der Waals surface area contributed by atoms with Crippen LogP contribution in [0.15, 0.2) is 48.5 Å². The minimum absolute atomic E-state index is 0.243. The van der Waals surface area contributed by atoms with E-state index in [4.69, 9.17) is 0 Å². The summed E-state index contributed by atoms with van der Waals surface area (Å²) in [6.45, 7) is 0.716. The Morgan fingerprint density at radius 1 is 1.22 bits per heavy atom. The number of benzene rings is 2. The largest absolute Gasteiger partial charge is 0.395 e. The summed E-state index contributed by atoms with van der Waals surface area (Å²) in [4.78, 5) is 11.0. The van der Waals surface area contributed by atoms with Crippen LogP contribution in [0.2, 0.25) is 0 Å². The topological polar surface area (TPSA) is 49.3 Å². The number of aldehydes is 1. The number of rotatable bonds is 4. The summed E-state index contributed by atoms with van der Waals surface area (Å²) in [5.41, 5.74) is 1.70. The monoisotopic (exact) mass is 315 g/mol. The first-order valence-corrected chi connectivity index (χ1v) is 7.70. The number of carbonyl (C=O) groups excluding carboxylic acids is 1. The van der Waals surface area contributed by atoms with Crippen LogP contribution in [0, 0.1) is 5.82 Å². The molecule has 0 aliphatic heterocycles. The van der Waals surface area contributed by atoms with Crippen LogP contribution in [0.4, 0.5) is 4.39 Å². The van der Waals surface area contributed by atoms with Gasteiger partial charge in [-0.3, -0.25) is 0 Å². The molecule has 0 fully saturated rings. The molecule has 3 nitrogen and oxygen atoms in total. The van der Waals surface area contributed by atoms with E-state index < -0.39 is 5.41 Å². The molecule has 1 aliphatic rings. The SMILES string of the molecule is CNCc1ccccc1.O=CC1(CO)CCc2c(F)cccc21. The van der Waals surface area contributed by atoms with E-state index in [9.17, 15) is 14.3 Å². The van der Waals surface area contributed by atoms with Crippen LogP contribution in [0.1, 0.15) is 23.1 Å². The number of fused-ring (bicyclic) bond motifs is 1. The third kappa shape index (κ3) is 3.84. The van der Waals surface area contributed by atoms with Crippen molar-refractivity contribution < 1.29 is 14.3 Å². The molecular formula is C19H22FNO2. The molecule has 23 heavy (non-hydrogen) atoms.